The summed E-state index contributed by atoms with van der Waals surface area (Å²) in [5.41, 5.74) is 0. The van der Waals surface area contributed by atoms with Gasteiger partial charge in [0, 0.05) is 0 Å². The van der Waals surface area contributed by atoms with E-state index in [1.165, 1.54) is 6.07 Å². The number of esters is 1. The van der Waals surface area contributed by atoms with Crippen LogP contribution >= 0.6 is 15.9 Å². The molecule has 0 saturated heterocycles. The van der Waals surface area contributed by atoms with Gasteiger partial charge in [0.15, 0.2) is 10.4 Å². The average Bonchev–Trinajstić information content (AvgIpc) is 2.73. The summed E-state index contributed by atoms with van der Waals surface area (Å²) in [6, 6.07) is 3.12. The van der Waals surface area contributed by atoms with Gasteiger partial charge in [-0.3, -0.25) is 9.59 Å². The predicted octanol–water partition coefficient (Wildman–Crippen LogP) is 2.12. The van der Waals surface area contributed by atoms with Gasteiger partial charge in [-0.1, -0.05) is 13.3 Å². The van der Waals surface area contributed by atoms with Crippen LogP contribution in [0.5, 0.6) is 0 Å². The second-order valence-corrected chi connectivity index (χ2v) is 4.14. The van der Waals surface area contributed by atoms with Gasteiger partial charge in [-0.25, -0.2) is 0 Å². The van der Waals surface area contributed by atoms with Crippen molar-refractivity contribution in [3.8, 4) is 0 Å². The van der Waals surface area contributed by atoms with E-state index in [1.807, 2.05) is 6.92 Å². The molecule has 0 aliphatic rings. The Bertz CT molecular complexity index is 389. The minimum Gasteiger partial charge on any atom is -0.464 e. The third kappa shape index (κ3) is 5.04. The number of halogens is 1. The van der Waals surface area contributed by atoms with Crippen molar-refractivity contribution in [2.45, 2.75) is 19.8 Å². The first-order valence-electron chi connectivity index (χ1n) is 5.32. The predicted molar refractivity (Wildman–Crippen MR) is 64.6 cm³/mol. The van der Waals surface area contributed by atoms with E-state index in [1.54, 1.807) is 6.07 Å². The van der Waals surface area contributed by atoms with Crippen LogP contribution in [0.4, 0.5) is 0 Å². The number of ether oxygens (including phenoxy) is 1. The molecule has 1 rings (SSSR count). The standard InChI is InChI=1S/C11H14BrNO4/c1-2-3-6-16-10(14)7-13-11(15)8-4-5-9(12)17-8/h4-5H,2-3,6-7H2,1H3,(H,13,15). The van der Waals surface area contributed by atoms with E-state index in [9.17, 15) is 9.59 Å². The summed E-state index contributed by atoms with van der Waals surface area (Å²) >= 11 is 3.08. The first-order chi connectivity index (χ1) is 8.13. The lowest BCUT2D eigenvalue weighted by atomic mass is 10.4. The van der Waals surface area contributed by atoms with Gasteiger partial charge in [0.1, 0.15) is 6.54 Å². The Labute approximate surface area is 108 Å². The number of amides is 1. The summed E-state index contributed by atoms with van der Waals surface area (Å²) in [5, 5.41) is 2.41. The average molecular weight is 304 g/mol. The van der Waals surface area contributed by atoms with Crippen molar-refractivity contribution < 1.29 is 18.7 Å². The van der Waals surface area contributed by atoms with Crippen molar-refractivity contribution in [1.82, 2.24) is 5.32 Å². The lowest BCUT2D eigenvalue weighted by molar-refractivity contribution is -0.142. The van der Waals surface area contributed by atoms with Gasteiger partial charge < -0.3 is 14.5 Å². The van der Waals surface area contributed by atoms with Crippen molar-refractivity contribution >= 4 is 27.8 Å². The number of carbonyl (C=O) groups excluding carboxylic acids is 2. The molecule has 0 aliphatic heterocycles. The minimum atomic E-state index is -0.447. The zero-order valence-electron chi connectivity index (χ0n) is 9.49. The molecule has 0 atom stereocenters. The molecule has 1 N–H and O–H groups in total. The Morgan fingerprint density at radius 2 is 2.24 bits per heavy atom. The SMILES string of the molecule is CCCCOC(=O)CNC(=O)c1ccc(Br)o1. The first kappa shape index (κ1) is 13.8. The summed E-state index contributed by atoms with van der Waals surface area (Å²) in [7, 11) is 0. The van der Waals surface area contributed by atoms with Gasteiger partial charge in [0.05, 0.1) is 6.61 Å². The van der Waals surface area contributed by atoms with E-state index in [-0.39, 0.29) is 12.3 Å². The molecule has 0 aromatic carbocycles. The monoisotopic (exact) mass is 303 g/mol. The molecule has 0 spiro atoms. The summed E-state index contributed by atoms with van der Waals surface area (Å²) < 4.78 is 10.4. The summed E-state index contributed by atoms with van der Waals surface area (Å²) in [6.07, 6.45) is 1.78. The molecule has 0 aliphatic carbocycles. The number of carbonyl (C=O) groups is 2. The van der Waals surface area contributed by atoms with Gasteiger partial charge >= 0.3 is 5.97 Å². The van der Waals surface area contributed by atoms with Crippen molar-refractivity contribution in [2.75, 3.05) is 13.2 Å². The molecule has 1 aromatic heterocycles. The smallest absolute Gasteiger partial charge is 0.325 e. The number of hydrogen-bond donors (Lipinski definition) is 1. The van der Waals surface area contributed by atoms with Crippen LogP contribution in [0.25, 0.3) is 0 Å². The van der Waals surface area contributed by atoms with E-state index in [4.69, 9.17) is 9.15 Å². The molecule has 5 nitrogen and oxygen atoms in total. The van der Waals surface area contributed by atoms with Gasteiger partial charge in [0.2, 0.25) is 0 Å². The number of hydrogen-bond acceptors (Lipinski definition) is 4. The van der Waals surface area contributed by atoms with Crippen molar-refractivity contribution in [1.29, 1.82) is 0 Å². The quantitative estimate of drug-likeness (QED) is 0.645. The molecule has 0 fully saturated rings. The number of unbranched alkanes of at least 4 members (excludes halogenated alkanes) is 1. The van der Waals surface area contributed by atoms with E-state index >= 15 is 0 Å². The number of nitrogens with one attached hydrogen (secondary N) is 1. The molecule has 0 saturated carbocycles. The molecule has 94 valence electrons. The van der Waals surface area contributed by atoms with Crippen LogP contribution in [-0.4, -0.2) is 25.0 Å². The molecule has 1 aromatic rings. The highest BCUT2D eigenvalue weighted by Crippen LogP contribution is 2.13. The van der Waals surface area contributed by atoms with Crippen LogP contribution in [0, 0.1) is 0 Å². The second-order valence-electron chi connectivity index (χ2n) is 3.36. The molecular formula is C11H14BrNO4. The van der Waals surface area contributed by atoms with E-state index < -0.39 is 11.9 Å². The van der Waals surface area contributed by atoms with Gasteiger partial charge in [-0.15, -0.1) is 0 Å². The van der Waals surface area contributed by atoms with Crippen LogP contribution in [0.3, 0.4) is 0 Å². The molecule has 0 bridgehead atoms. The minimum absolute atomic E-state index is 0.151. The molecule has 1 amide bonds. The maximum Gasteiger partial charge on any atom is 0.325 e. The molecule has 17 heavy (non-hydrogen) atoms. The van der Waals surface area contributed by atoms with Gasteiger partial charge in [-0.2, -0.15) is 0 Å². The van der Waals surface area contributed by atoms with Crippen LogP contribution in [0.2, 0.25) is 0 Å². The highest BCUT2D eigenvalue weighted by atomic mass is 79.9. The first-order valence-corrected chi connectivity index (χ1v) is 6.12. The molecule has 1 heterocycles. The highest BCUT2D eigenvalue weighted by Gasteiger charge is 2.12. The fraction of sp³-hybridized carbons (Fsp3) is 0.455. The second kappa shape index (κ2) is 7.11. The zero-order valence-corrected chi connectivity index (χ0v) is 11.1. The van der Waals surface area contributed by atoms with Crippen molar-refractivity contribution in [2.24, 2.45) is 0 Å². The maximum atomic E-state index is 11.5. The molecular weight excluding hydrogens is 290 g/mol. The summed E-state index contributed by atoms with van der Waals surface area (Å²) in [4.78, 5) is 22.6. The van der Waals surface area contributed by atoms with Crippen LogP contribution in [-0.2, 0) is 9.53 Å². The fourth-order valence-electron chi connectivity index (χ4n) is 1.06. The Hall–Kier alpha value is -1.30. The lowest BCUT2D eigenvalue weighted by Gasteiger charge is -2.04. The third-order valence-electron chi connectivity index (χ3n) is 1.95. The molecule has 0 unspecified atom stereocenters. The van der Waals surface area contributed by atoms with Crippen LogP contribution in [0.15, 0.2) is 21.2 Å². The Morgan fingerprint density at radius 3 is 2.82 bits per heavy atom. The Kier molecular flexibility index (Phi) is 5.76. The maximum absolute atomic E-state index is 11.5. The van der Waals surface area contributed by atoms with Crippen molar-refractivity contribution in [3.63, 3.8) is 0 Å². The zero-order chi connectivity index (χ0) is 12.7. The summed E-state index contributed by atoms with van der Waals surface area (Å²) in [6.45, 7) is 2.24. The number of rotatable bonds is 6. The van der Waals surface area contributed by atoms with Crippen LogP contribution < -0.4 is 5.32 Å². The normalized spacial score (nSPS) is 10.0. The van der Waals surface area contributed by atoms with Crippen molar-refractivity contribution in [3.05, 3.63) is 22.6 Å². The van der Waals surface area contributed by atoms with E-state index in [2.05, 4.69) is 21.2 Å². The third-order valence-corrected chi connectivity index (χ3v) is 2.38. The van der Waals surface area contributed by atoms with Gasteiger partial charge in [-0.05, 0) is 34.5 Å². The highest BCUT2D eigenvalue weighted by molar-refractivity contribution is 9.10. The van der Waals surface area contributed by atoms with E-state index in [0.29, 0.717) is 11.3 Å². The van der Waals surface area contributed by atoms with Crippen LogP contribution in [0.1, 0.15) is 30.3 Å². The Morgan fingerprint density at radius 1 is 1.47 bits per heavy atom. The van der Waals surface area contributed by atoms with E-state index in [0.717, 1.165) is 12.8 Å². The molecule has 0 radical (unpaired) electrons. The topological polar surface area (TPSA) is 68.5 Å². The Balaban J connectivity index is 2.26. The lowest BCUT2D eigenvalue weighted by Crippen LogP contribution is -2.30. The fourth-order valence-corrected chi connectivity index (χ4v) is 1.36. The number of furan rings is 1. The van der Waals surface area contributed by atoms with Gasteiger partial charge in [0.25, 0.3) is 5.91 Å². The summed E-state index contributed by atoms with van der Waals surface area (Å²) in [5.74, 6) is -0.737. The largest absolute Gasteiger partial charge is 0.464 e. The molecule has 6 heteroatoms.